The van der Waals surface area contributed by atoms with Crippen molar-refractivity contribution in [3.05, 3.63) is 76.4 Å². The van der Waals surface area contributed by atoms with Crippen LogP contribution in [-0.2, 0) is 0 Å². The van der Waals surface area contributed by atoms with Crippen LogP contribution < -0.4 is 5.56 Å². The van der Waals surface area contributed by atoms with E-state index < -0.39 is 0 Å². The monoisotopic (exact) mass is 247 g/mol. The van der Waals surface area contributed by atoms with E-state index in [1.807, 2.05) is 30.3 Å². The van der Waals surface area contributed by atoms with E-state index in [1.54, 1.807) is 24.3 Å². The molecule has 0 aliphatic rings. The van der Waals surface area contributed by atoms with Gasteiger partial charge in [-0.15, -0.1) is 0 Å². The predicted octanol–water partition coefficient (Wildman–Crippen LogP) is 2.59. The van der Waals surface area contributed by atoms with Crippen molar-refractivity contribution in [3.63, 3.8) is 0 Å². The number of aromatic nitrogens is 1. The van der Waals surface area contributed by atoms with E-state index in [2.05, 4.69) is 16.8 Å². The molecular formula is C16H9NO2. The lowest BCUT2D eigenvalue weighted by molar-refractivity contribution is 0.560. The van der Waals surface area contributed by atoms with Crippen molar-refractivity contribution in [2.75, 3.05) is 0 Å². The van der Waals surface area contributed by atoms with E-state index in [0.29, 0.717) is 11.0 Å². The molecule has 3 nitrogen and oxygen atoms in total. The molecule has 3 aromatic rings. The molecule has 0 amide bonds. The number of hydrogen-bond acceptors (Lipinski definition) is 3. The molecule has 0 aliphatic carbocycles. The molecule has 0 fully saturated rings. The largest absolute Gasteiger partial charge is 0.431 e. The molecule has 90 valence electrons. The summed E-state index contributed by atoms with van der Waals surface area (Å²) in [4.78, 5) is 15.6. The zero-order chi connectivity index (χ0) is 13.1. The van der Waals surface area contributed by atoms with Crippen LogP contribution in [0.25, 0.3) is 11.0 Å². The Morgan fingerprint density at radius 1 is 0.895 bits per heavy atom. The summed E-state index contributed by atoms with van der Waals surface area (Å²) in [5, 5.41) is 0.466. The third kappa shape index (κ3) is 2.38. The van der Waals surface area contributed by atoms with Gasteiger partial charge < -0.3 is 4.42 Å². The van der Waals surface area contributed by atoms with E-state index in [0.717, 1.165) is 5.56 Å². The molecule has 0 atom stereocenters. The van der Waals surface area contributed by atoms with Crippen molar-refractivity contribution in [2.45, 2.75) is 0 Å². The van der Waals surface area contributed by atoms with E-state index in [1.165, 1.54) is 0 Å². The maximum Gasteiger partial charge on any atom is 0.284 e. The van der Waals surface area contributed by atoms with Gasteiger partial charge in [0, 0.05) is 5.56 Å². The van der Waals surface area contributed by atoms with Gasteiger partial charge in [0.2, 0.25) is 0 Å². The summed E-state index contributed by atoms with van der Waals surface area (Å²) in [7, 11) is 0. The summed E-state index contributed by atoms with van der Waals surface area (Å²) in [6, 6.07) is 16.5. The minimum atomic E-state index is -0.320. The van der Waals surface area contributed by atoms with Gasteiger partial charge in [0.15, 0.2) is 0 Å². The van der Waals surface area contributed by atoms with Crippen LogP contribution in [0.2, 0.25) is 0 Å². The fourth-order valence-corrected chi connectivity index (χ4v) is 1.71. The highest BCUT2D eigenvalue weighted by Crippen LogP contribution is 2.09. The predicted molar refractivity (Wildman–Crippen MR) is 72.7 cm³/mol. The first-order valence-electron chi connectivity index (χ1n) is 5.80. The van der Waals surface area contributed by atoms with Crippen molar-refractivity contribution in [3.8, 4) is 11.8 Å². The normalized spacial score (nSPS) is 9.89. The lowest BCUT2D eigenvalue weighted by atomic mass is 10.2. The van der Waals surface area contributed by atoms with Crippen LogP contribution in [0.15, 0.2) is 63.8 Å². The van der Waals surface area contributed by atoms with Crippen LogP contribution >= 0.6 is 0 Å². The molecular weight excluding hydrogens is 238 g/mol. The highest BCUT2D eigenvalue weighted by molar-refractivity contribution is 5.75. The fourth-order valence-electron chi connectivity index (χ4n) is 1.71. The van der Waals surface area contributed by atoms with Gasteiger partial charge in [-0.3, -0.25) is 4.79 Å². The second-order valence-electron chi connectivity index (χ2n) is 3.94. The Morgan fingerprint density at radius 3 is 2.47 bits per heavy atom. The summed E-state index contributed by atoms with van der Waals surface area (Å²) in [5.74, 6) is 5.81. The molecule has 0 saturated heterocycles. The molecule has 2 aromatic carbocycles. The summed E-state index contributed by atoms with van der Waals surface area (Å²) < 4.78 is 5.48. The van der Waals surface area contributed by atoms with Crippen molar-refractivity contribution in [1.82, 2.24) is 4.98 Å². The van der Waals surface area contributed by atoms with Crippen LogP contribution in [-0.4, -0.2) is 4.98 Å². The highest BCUT2D eigenvalue weighted by atomic mass is 16.3. The summed E-state index contributed by atoms with van der Waals surface area (Å²) in [5.41, 5.74) is 1.03. The second-order valence-corrected chi connectivity index (χ2v) is 3.94. The van der Waals surface area contributed by atoms with Gasteiger partial charge in [-0.05, 0) is 30.2 Å². The zero-order valence-corrected chi connectivity index (χ0v) is 9.96. The van der Waals surface area contributed by atoms with Crippen LogP contribution in [0.5, 0.6) is 0 Å². The number of fused-ring (bicyclic) bond motifs is 1. The first-order chi connectivity index (χ1) is 9.33. The number of para-hydroxylation sites is 1. The minimum absolute atomic E-state index is 0.132. The molecule has 1 heterocycles. The highest BCUT2D eigenvalue weighted by Gasteiger charge is 2.02. The molecule has 0 saturated carbocycles. The lowest BCUT2D eigenvalue weighted by Crippen LogP contribution is -2.07. The standard InChI is InChI=1S/C16H9NO2/c18-16-13-8-4-5-9-14(13)19-15(17-16)11-10-12-6-2-1-3-7-12/h1-9H. The summed E-state index contributed by atoms with van der Waals surface area (Å²) in [6.45, 7) is 0. The third-order valence-corrected chi connectivity index (χ3v) is 2.61. The molecule has 0 N–H and O–H groups in total. The average molecular weight is 247 g/mol. The minimum Gasteiger partial charge on any atom is -0.431 e. The number of benzene rings is 2. The zero-order valence-electron chi connectivity index (χ0n) is 9.96. The molecule has 1 aromatic heterocycles. The molecule has 0 aliphatic heterocycles. The Bertz CT molecular complexity index is 839. The van der Waals surface area contributed by atoms with Gasteiger partial charge in [0.25, 0.3) is 11.4 Å². The van der Waals surface area contributed by atoms with Crippen molar-refractivity contribution >= 4 is 11.0 Å². The van der Waals surface area contributed by atoms with Crippen molar-refractivity contribution < 1.29 is 4.42 Å². The molecule has 3 rings (SSSR count). The second kappa shape index (κ2) is 4.79. The van der Waals surface area contributed by atoms with Crippen LogP contribution in [0.4, 0.5) is 0 Å². The molecule has 0 radical (unpaired) electrons. The van der Waals surface area contributed by atoms with Crippen LogP contribution in [0, 0.1) is 11.8 Å². The maximum absolute atomic E-state index is 11.8. The number of hydrogen-bond donors (Lipinski definition) is 0. The maximum atomic E-state index is 11.8. The smallest absolute Gasteiger partial charge is 0.284 e. The average Bonchev–Trinajstić information content (AvgIpc) is 2.46. The van der Waals surface area contributed by atoms with E-state index >= 15 is 0 Å². The van der Waals surface area contributed by atoms with E-state index in [9.17, 15) is 4.79 Å². The Balaban J connectivity index is 2.08. The Labute approximate surface area is 109 Å². The topological polar surface area (TPSA) is 43.1 Å². The fraction of sp³-hybridized carbons (Fsp3) is 0. The summed E-state index contributed by atoms with van der Waals surface area (Å²) >= 11 is 0. The van der Waals surface area contributed by atoms with Gasteiger partial charge in [-0.25, -0.2) is 0 Å². The van der Waals surface area contributed by atoms with Crippen molar-refractivity contribution in [2.24, 2.45) is 0 Å². The number of nitrogens with zero attached hydrogens (tertiary/aromatic N) is 1. The molecule has 0 bridgehead atoms. The van der Waals surface area contributed by atoms with E-state index in [4.69, 9.17) is 4.42 Å². The molecule has 3 heteroatoms. The van der Waals surface area contributed by atoms with E-state index in [-0.39, 0.29) is 11.4 Å². The Hall–Kier alpha value is -2.86. The molecule has 19 heavy (non-hydrogen) atoms. The first-order valence-corrected chi connectivity index (χ1v) is 5.80. The molecule has 0 spiro atoms. The SMILES string of the molecule is O=c1nc(C#Cc2ccccc2)oc2ccccc12. The third-order valence-electron chi connectivity index (χ3n) is 2.61. The molecule has 0 unspecified atom stereocenters. The van der Waals surface area contributed by atoms with Gasteiger partial charge in [0.1, 0.15) is 5.58 Å². The summed E-state index contributed by atoms with van der Waals surface area (Å²) in [6.07, 6.45) is 0. The van der Waals surface area contributed by atoms with Gasteiger partial charge in [0.05, 0.1) is 5.39 Å². The number of rotatable bonds is 0. The van der Waals surface area contributed by atoms with Crippen molar-refractivity contribution in [1.29, 1.82) is 0 Å². The quantitative estimate of drug-likeness (QED) is 0.573. The van der Waals surface area contributed by atoms with Gasteiger partial charge >= 0.3 is 0 Å². The lowest BCUT2D eigenvalue weighted by Gasteiger charge is -1.95. The first kappa shape index (κ1) is 11.2. The van der Waals surface area contributed by atoms with Crippen LogP contribution in [0.1, 0.15) is 11.5 Å². The van der Waals surface area contributed by atoms with Gasteiger partial charge in [-0.1, -0.05) is 36.3 Å². The van der Waals surface area contributed by atoms with Gasteiger partial charge in [-0.2, -0.15) is 4.98 Å². The Kier molecular flexibility index (Phi) is 2.83. The van der Waals surface area contributed by atoms with Crippen LogP contribution in [0.3, 0.4) is 0 Å². The Morgan fingerprint density at radius 2 is 1.63 bits per heavy atom.